The molecular weight excluding hydrogens is 269 g/mol. The number of aromatic nitrogens is 1. The van der Waals surface area contributed by atoms with Crippen molar-refractivity contribution in [2.75, 3.05) is 0 Å². The number of nitrogens with zero attached hydrogens (tertiary/aromatic N) is 1. The fourth-order valence-corrected chi connectivity index (χ4v) is 2.33. The van der Waals surface area contributed by atoms with Crippen LogP contribution in [0.1, 0.15) is 31.0 Å². The first-order valence-electron chi connectivity index (χ1n) is 5.54. The second kappa shape index (κ2) is 4.75. The normalized spacial score (nSPS) is 11.2. The molecule has 0 fully saturated rings. The molecule has 5 heteroatoms. The van der Waals surface area contributed by atoms with Crippen LogP contribution in [-0.4, -0.2) is 10.8 Å². The molecule has 0 radical (unpaired) electrons. The van der Waals surface area contributed by atoms with E-state index in [0.29, 0.717) is 26.5 Å². The zero-order chi connectivity index (χ0) is 13.4. The molecule has 2 rings (SSSR count). The molecule has 0 amide bonds. The van der Waals surface area contributed by atoms with Gasteiger partial charge in [0.1, 0.15) is 5.84 Å². The molecule has 0 spiro atoms. The molecule has 0 unspecified atom stereocenters. The van der Waals surface area contributed by atoms with E-state index < -0.39 is 0 Å². The number of fused-ring (bicyclic) bond motifs is 1. The van der Waals surface area contributed by atoms with Crippen molar-refractivity contribution in [3.63, 3.8) is 0 Å². The van der Waals surface area contributed by atoms with Crippen LogP contribution in [0.15, 0.2) is 18.2 Å². The highest BCUT2D eigenvalue weighted by molar-refractivity contribution is 6.38. The van der Waals surface area contributed by atoms with Crippen LogP contribution in [0.2, 0.25) is 10.0 Å². The van der Waals surface area contributed by atoms with Crippen molar-refractivity contribution in [1.82, 2.24) is 4.98 Å². The van der Waals surface area contributed by atoms with E-state index in [9.17, 15) is 0 Å². The summed E-state index contributed by atoms with van der Waals surface area (Å²) in [4.78, 5) is 4.52. The molecule has 1 aromatic heterocycles. The first kappa shape index (κ1) is 13.1. The van der Waals surface area contributed by atoms with Gasteiger partial charge in [0.15, 0.2) is 0 Å². The van der Waals surface area contributed by atoms with Crippen molar-refractivity contribution in [3.8, 4) is 0 Å². The maximum Gasteiger partial charge on any atom is 0.123 e. The van der Waals surface area contributed by atoms with Crippen molar-refractivity contribution < 1.29 is 0 Å². The summed E-state index contributed by atoms with van der Waals surface area (Å²) in [5, 5.41) is 9.36. The van der Waals surface area contributed by atoms with Gasteiger partial charge < -0.3 is 5.73 Å². The van der Waals surface area contributed by atoms with Crippen LogP contribution in [0.4, 0.5) is 0 Å². The molecule has 0 aliphatic heterocycles. The van der Waals surface area contributed by atoms with E-state index in [4.69, 9.17) is 34.3 Å². The van der Waals surface area contributed by atoms with E-state index in [1.165, 1.54) is 0 Å². The highest BCUT2D eigenvalue weighted by atomic mass is 35.5. The number of rotatable bonds is 2. The Hall–Kier alpha value is -1.32. The number of nitrogens with one attached hydrogen (secondary N) is 1. The third-order valence-electron chi connectivity index (χ3n) is 2.73. The van der Waals surface area contributed by atoms with E-state index in [-0.39, 0.29) is 11.8 Å². The number of nitrogens with two attached hydrogens (primary N) is 1. The first-order valence-corrected chi connectivity index (χ1v) is 6.30. The van der Waals surface area contributed by atoms with Crippen LogP contribution in [-0.2, 0) is 0 Å². The zero-order valence-electron chi connectivity index (χ0n) is 10.1. The Morgan fingerprint density at radius 2 is 1.94 bits per heavy atom. The number of hydrogen-bond donors (Lipinski definition) is 2. The van der Waals surface area contributed by atoms with Crippen molar-refractivity contribution in [2.45, 2.75) is 19.8 Å². The van der Waals surface area contributed by atoms with Gasteiger partial charge in [-0.1, -0.05) is 37.0 Å². The van der Waals surface area contributed by atoms with Crippen LogP contribution in [0.3, 0.4) is 0 Å². The minimum atomic E-state index is -0.0115. The third kappa shape index (κ3) is 2.28. The van der Waals surface area contributed by atoms with E-state index in [0.717, 1.165) is 5.69 Å². The van der Waals surface area contributed by atoms with E-state index in [2.05, 4.69) is 4.98 Å². The van der Waals surface area contributed by atoms with Crippen molar-refractivity contribution in [3.05, 3.63) is 39.5 Å². The smallest absolute Gasteiger partial charge is 0.123 e. The summed E-state index contributed by atoms with van der Waals surface area (Å²) >= 11 is 12.1. The van der Waals surface area contributed by atoms with Crippen molar-refractivity contribution in [2.24, 2.45) is 5.73 Å². The van der Waals surface area contributed by atoms with Gasteiger partial charge in [-0.25, -0.2) is 0 Å². The Labute approximate surface area is 115 Å². The molecule has 0 aliphatic rings. The van der Waals surface area contributed by atoms with Gasteiger partial charge in [-0.3, -0.25) is 10.4 Å². The molecule has 94 valence electrons. The Balaban J connectivity index is 2.90. The quantitative estimate of drug-likeness (QED) is 0.647. The lowest BCUT2D eigenvalue weighted by molar-refractivity contribution is 0.829. The van der Waals surface area contributed by atoms with Crippen LogP contribution in [0.25, 0.3) is 10.9 Å². The molecular formula is C13H13Cl2N3. The minimum Gasteiger partial charge on any atom is -0.384 e. The molecule has 3 N–H and O–H groups in total. The Bertz CT molecular complexity index is 636. The molecule has 18 heavy (non-hydrogen) atoms. The summed E-state index contributed by atoms with van der Waals surface area (Å²) < 4.78 is 0. The number of benzene rings is 1. The summed E-state index contributed by atoms with van der Waals surface area (Å²) in [5.74, 6) is 0.224. The lowest BCUT2D eigenvalue weighted by Gasteiger charge is -2.12. The first-order chi connectivity index (χ1) is 8.40. The van der Waals surface area contributed by atoms with E-state index >= 15 is 0 Å². The largest absolute Gasteiger partial charge is 0.384 e. The number of halogens is 2. The van der Waals surface area contributed by atoms with Crippen molar-refractivity contribution >= 4 is 39.9 Å². The van der Waals surface area contributed by atoms with Crippen LogP contribution >= 0.6 is 23.2 Å². The lowest BCUT2D eigenvalue weighted by atomic mass is 10.0. The molecule has 3 nitrogen and oxygen atoms in total. The second-order valence-corrected chi connectivity index (χ2v) is 5.29. The Kier molecular flexibility index (Phi) is 3.46. The van der Waals surface area contributed by atoms with Gasteiger partial charge >= 0.3 is 0 Å². The Morgan fingerprint density at radius 3 is 2.50 bits per heavy atom. The topological polar surface area (TPSA) is 62.8 Å². The average molecular weight is 282 g/mol. The molecule has 0 saturated heterocycles. The fourth-order valence-electron chi connectivity index (χ4n) is 1.79. The van der Waals surface area contributed by atoms with Crippen molar-refractivity contribution in [1.29, 1.82) is 5.41 Å². The van der Waals surface area contributed by atoms with E-state index in [1.807, 2.05) is 19.9 Å². The number of amidine groups is 1. The monoisotopic (exact) mass is 281 g/mol. The summed E-state index contributed by atoms with van der Waals surface area (Å²) in [7, 11) is 0. The van der Waals surface area contributed by atoms with Gasteiger partial charge in [-0.2, -0.15) is 0 Å². The van der Waals surface area contributed by atoms with Crippen LogP contribution < -0.4 is 5.73 Å². The SMILES string of the molecule is CC(C)c1cc(C(=N)N)c2cc(Cl)cc(Cl)c2n1. The summed E-state index contributed by atoms with van der Waals surface area (Å²) in [6.45, 7) is 4.06. The molecule has 0 bridgehead atoms. The average Bonchev–Trinajstić information content (AvgIpc) is 2.27. The maximum absolute atomic E-state index is 7.66. The number of hydrogen-bond acceptors (Lipinski definition) is 2. The predicted molar refractivity (Wildman–Crippen MR) is 76.9 cm³/mol. The molecule has 0 aliphatic carbocycles. The number of pyridine rings is 1. The van der Waals surface area contributed by atoms with Gasteiger partial charge in [0.05, 0.1) is 10.5 Å². The molecule has 0 saturated carbocycles. The molecule has 1 aromatic carbocycles. The van der Waals surface area contributed by atoms with Gasteiger partial charge in [0.2, 0.25) is 0 Å². The van der Waals surface area contributed by atoms with Crippen LogP contribution in [0, 0.1) is 5.41 Å². The Morgan fingerprint density at radius 1 is 1.28 bits per heavy atom. The summed E-state index contributed by atoms with van der Waals surface area (Å²) in [6, 6.07) is 5.20. The lowest BCUT2D eigenvalue weighted by Crippen LogP contribution is -2.13. The highest BCUT2D eigenvalue weighted by Crippen LogP contribution is 2.30. The molecule has 1 heterocycles. The summed E-state index contributed by atoms with van der Waals surface area (Å²) in [6.07, 6.45) is 0. The standard InChI is InChI=1S/C13H13Cl2N3/c1-6(2)11-5-9(13(16)17)8-3-7(14)4-10(15)12(8)18-11/h3-6H,1-2H3,(H3,16,17). The maximum atomic E-state index is 7.66. The zero-order valence-corrected chi connectivity index (χ0v) is 11.6. The van der Waals surface area contributed by atoms with E-state index in [1.54, 1.807) is 12.1 Å². The molecule has 2 aromatic rings. The van der Waals surface area contributed by atoms with Crippen LogP contribution in [0.5, 0.6) is 0 Å². The van der Waals surface area contributed by atoms with Gasteiger partial charge in [0, 0.05) is 21.7 Å². The second-order valence-electron chi connectivity index (χ2n) is 4.45. The number of nitrogen functional groups attached to an aromatic ring is 1. The van der Waals surface area contributed by atoms with Gasteiger partial charge in [0.25, 0.3) is 0 Å². The fraction of sp³-hybridized carbons (Fsp3) is 0.231. The highest BCUT2D eigenvalue weighted by Gasteiger charge is 2.13. The van der Waals surface area contributed by atoms with Gasteiger partial charge in [-0.05, 0) is 24.1 Å². The molecule has 0 atom stereocenters. The van der Waals surface area contributed by atoms with Gasteiger partial charge in [-0.15, -0.1) is 0 Å². The minimum absolute atomic E-state index is 0.0115. The third-order valence-corrected chi connectivity index (χ3v) is 3.24. The summed E-state index contributed by atoms with van der Waals surface area (Å²) in [5.41, 5.74) is 7.73. The predicted octanol–water partition coefficient (Wildman–Crippen LogP) is 3.95.